The Morgan fingerprint density at radius 3 is 2.83 bits per heavy atom. The van der Waals surface area contributed by atoms with Crippen molar-refractivity contribution >= 4 is 5.97 Å². The second kappa shape index (κ2) is 3.80. The maximum Gasteiger partial charge on any atom is 0.303 e. The number of hydrogen-bond acceptors (Lipinski definition) is 4. The van der Waals surface area contributed by atoms with E-state index in [0.29, 0.717) is 5.69 Å². The van der Waals surface area contributed by atoms with Crippen molar-refractivity contribution in [1.29, 1.82) is 0 Å². The van der Waals surface area contributed by atoms with Gasteiger partial charge in [0.15, 0.2) is 0 Å². The van der Waals surface area contributed by atoms with Gasteiger partial charge in [-0.3, -0.25) is 14.8 Å². The molecular formula is C8H10N2O2. The van der Waals surface area contributed by atoms with Gasteiger partial charge < -0.3 is 4.74 Å². The van der Waals surface area contributed by atoms with Crippen LogP contribution < -0.4 is 0 Å². The van der Waals surface area contributed by atoms with Crippen LogP contribution in [-0.2, 0) is 9.53 Å². The molecule has 0 spiro atoms. The minimum atomic E-state index is -0.323. The zero-order chi connectivity index (χ0) is 8.97. The largest absolute Gasteiger partial charge is 0.456 e. The normalized spacial score (nSPS) is 12.2. The van der Waals surface area contributed by atoms with Crippen LogP contribution in [0, 0.1) is 0 Å². The van der Waals surface area contributed by atoms with Crippen LogP contribution in [0.1, 0.15) is 25.6 Å². The summed E-state index contributed by atoms with van der Waals surface area (Å²) in [5, 5.41) is 0. The van der Waals surface area contributed by atoms with E-state index in [1.165, 1.54) is 6.92 Å². The lowest BCUT2D eigenvalue weighted by atomic mass is 10.3. The van der Waals surface area contributed by atoms with Crippen molar-refractivity contribution in [2.24, 2.45) is 0 Å². The lowest BCUT2D eigenvalue weighted by Crippen LogP contribution is -2.06. The van der Waals surface area contributed by atoms with Crippen molar-refractivity contribution in [3.8, 4) is 0 Å². The van der Waals surface area contributed by atoms with E-state index in [4.69, 9.17) is 4.74 Å². The van der Waals surface area contributed by atoms with Crippen molar-refractivity contribution < 1.29 is 9.53 Å². The van der Waals surface area contributed by atoms with Gasteiger partial charge in [0.25, 0.3) is 0 Å². The molecule has 1 unspecified atom stereocenters. The van der Waals surface area contributed by atoms with Crippen molar-refractivity contribution in [2.75, 3.05) is 0 Å². The highest BCUT2D eigenvalue weighted by Crippen LogP contribution is 2.11. The fourth-order valence-electron chi connectivity index (χ4n) is 0.830. The van der Waals surface area contributed by atoms with Crippen LogP contribution in [0.2, 0.25) is 0 Å². The zero-order valence-electron chi connectivity index (χ0n) is 7.02. The summed E-state index contributed by atoms with van der Waals surface area (Å²) >= 11 is 0. The van der Waals surface area contributed by atoms with Gasteiger partial charge in [0.1, 0.15) is 6.10 Å². The number of nitrogens with zero attached hydrogens (tertiary/aromatic N) is 2. The Morgan fingerprint density at radius 1 is 1.58 bits per heavy atom. The van der Waals surface area contributed by atoms with E-state index < -0.39 is 0 Å². The summed E-state index contributed by atoms with van der Waals surface area (Å²) < 4.78 is 4.89. The summed E-state index contributed by atoms with van der Waals surface area (Å²) in [5.74, 6) is -0.312. The van der Waals surface area contributed by atoms with E-state index in [2.05, 4.69) is 9.97 Å². The monoisotopic (exact) mass is 166 g/mol. The number of rotatable bonds is 2. The molecule has 12 heavy (non-hydrogen) atoms. The van der Waals surface area contributed by atoms with Crippen LogP contribution in [0.3, 0.4) is 0 Å². The maximum absolute atomic E-state index is 10.6. The molecule has 1 atom stereocenters. The van der Waals surface area contributed by atoms with Crippen LogP contribution in [-0.4, -0.2) is 15.9 Å². The first-order chi connectivity index (χ1) is 5.70. The molecule has 64 valence electrons. The molecule has 0 saturated carbocycles. The highest BCUT2D eigenvalue weighted by atomic mass is 16.5. The number of aromatic nitrogens is 2. The van der Waals surface area contributed by atoms with Gasteiger partial charge in [-0.05, 0) is 6.92 Å². The van der Waals surface area contributed by atoms with Crippen LogP contribution in [0.15, 0.2) is 18.6 Å². The predicted molar refractivity (Wildman–Crippen MR) is 42.2 cm³/mol. The molecule has 0 radical (unpaired) electrons. The Labute approximate surface area is 70.6 Å². The Balaban J connectivity index is 2.65. The molecule has 1 heterocycles. The first-order valence-electron chi connectivity index (χ1n) is 3.63. The average Bonchev–Trinajstić information content (AvgIpc) is 2.05. The Hall–Kier alpha value is -1.45. The quantitative estimate of drug-likeness (QED) is 0.617. The van der Waals surface area contributed by atoms with Crippen molar-refractivity contribution in [3.63, 3.8) is 0 Å². The maximum atomic E-state index is 10.6. The van der Waals surface area contributed by atoms with E-state index >= 15 is 0 Å². The Morgan fingerprint density at radius 2 is 2.33 bits per heavy atom. The van der Waals surface area contributed by atoms with E-state index in [1.54, 1.807) is 25.5 Å². The van der Waals surface area contributed by atoms with Gasteiger partial charge in [-0.15, -0.1) is 0 Å². The molecule has 1 aromatic heterocycles. The molecule has 1 aromatic rings. The Kier molecular flexibility index (Phi) is 2.74. The third kappa shape index (κ3) is 2.30. The molecule has 0 amide bonds. The molecule has 0 aliphatic rings. The molecule has 0 N–H and O–H groups in total. The van der Waals surface area contributed by atoms with E-state index in [0.717, 1.165) is 0 Å². The smallest absolute Gasteiger partial charge is 0.303 e. The summed E-state index contributed by atoms with van der Waals surface area (Å²) in [6.07, 6.45) is 4.39. The number of hydrogen-bond donors (Lipinski definition) is 0. The molecular weight excluding hydrogens is 156 g/mol. The van der Waals surface area contributed by atoms with Crippen LogP contribution in [0.25, 0.3) is 0 Å². The van der Waals surface area contributed by atoms with Crippen molar-refractivity contribution in [2.45, 2.75) is 20.0 Å². The summed E-state index contributed by atoms with van der Waals surface area (Å²) in [5.41, 5.74) is 0.660. The summed E-state index contributed by atoms with van der Waals surface area (Å²) in [4.78, 5) is 18.4. The number of carbonyl (C=O) groups excluding carboxylic acids is 1. The van der Waals surface area contributed by atoms with Crippen LogP contribution in [0.5, 0.6) is 0 Å². The van der Waals surface area contributed by atoms with E-state index in [1.807, 2.05) is 0 Å². The second-order valence-corrected chi connectivity index (χ2v) is 2.38. The minimum Gasteiger partial charge on any atom is -0.456 e. The lowest BCUT2D eigenvalue weighted by Gasteiger charge is -2.09. The highest BCUT2D eigenvalue weighted by Gasteiger charge is 2.08. The fourth-order valence-corrected chi connectivity index (χ4v) is 0.830. The molecule has 0 fully saturated rings. The average molecular weight is 166 g/mol. The number of ether oxygens (including phenoxy) is 1. The number of esters is 1. The van der Waals surface area contributed by atoms with Gasteiger partial charge in [-0.2, -0.15) is 0 Å². The van der Waals surface area contributed by atoms with Gasteiger partial charge in [0, 0.05) is 19.3 Å². The molecule has 0 aliphatic heterocycles. The first kappa shape index (κ1) is 8.64. The summed E-state index contributed by atoms with van der Waals surface area (Å²) in [7, 11) is 0. The first-order valence-corrected chi connectivity index (χ1v) is 3.63. The van der Waals surface area contributed by atoms with Gasteiger partial charge in [0.05, 0.1) is 11.9 Å². The second-order valence-electron chi connectivity index (χ2n) is 2.38. The zero-order valence-corrected chi connectivity index (χ0v) is 7.02. The van der Waals surface area contributed by atoms with Crippen molar-refractivity contribution in [1.82, 2.24) is 9.97 Å². The van der Waals surface area contributed by atoms with Crippen LogP contribution >= 0.6 is 0 Å². The summed E-state index contributed by atoms with van der Waals surface area (Å²) in [6.45, 7) is 3.12. The molecule has 4 nitrogen and oxygen atoms in total. The standard InChI is InChI=1S/C8H10N2O2/c1-6(12-7(2)11)8-5-9-3-4-10-8/h3-6H,1-2H3. The minimum absolute atomic E-state index is 0.312. The fraction of sp³-hybridized carbons (Fsp3) is 0.375. The van der Waals surface area contributed by atoms with Gasteiger partial charge in [0.2, 0.25) is 0 Å². The predicted octanol–water partition coefficient (Wildman–Crippen LogP) is 1.10. The molecule has 1 rings (SSSR count). The molecule has 0 bridgehead atoms. The Bertz CT molecular complexity index is 261. The van der Waals surface area contributed by atoms with Gasteiger partial charge in [-0.1, -0.05) is 0 Å². The van der Waals surface area contributed by atoms with Gasteiger partial charge >= 0.3 is 5.97 Å². The number of carbonyl (C=O) groups is 1. The third-order valence-electron chi connectivity index (χ3n) is 1.34. The van der Waals surface area contributed by atoms with Crippen molar-refractivity contribution in [3.05, 3.63) is 24.3 Å². The molecule has 0 aliphatic carbocycles. The van der Waals surface area contributed by atoms with E-state index in [-0.39, 0.29) is 12.1 Å². The highest BCUT2D eigenvalue weighted by molar-refractivity contribution is 5.66. The molecule has 4 heteroatoms. The SMILES string of the molecule is CC(=O)OC(C)c1cnccn1. The van der Waals surface area contributed by atoms with Crippen LogP contribution in [0.4, 0.5) is 0 Å². The molecule has 0 saturated heterocycles. The summed E-state index contributed by atoms with van der Waals surface area (Å²) in [6, 6.07) is 0. The van der Waals surface area contributed by atoms with Gasteiger partial charge in [-0.25, -0.2) is 0 Å². The third-order valence-corrected chi connectivity index (χ3v) is 1.34. The molecule has 0 aromatic carbocycles. The topological polar surface area (TPSA) is 52.1 Å². The van der Waals surface area contributed by atoms with E-state index in [9.17, 15) is 4.79 Å². The lowest BCUT2D eigenvalue weighted by molar-refractivity contribution is -0.146.